The quantitative estimate of drug-likeness (QED) is 0.174. The molecule has 0 aliphatic rings. The van der Waals surface area contributed by atoms with Gasteiger partial charge in [-0.25, -0.2) is 0 Å². The first-order chi connectivity index (χ1) is 32.2. The van der Waals surface area contributed by atoms with E-state index in [2.05, 4.69) is 249 Å². The molecular weight excluding hydrogens is 793 g/mol. The van der Waals surface area contributed by atoms with Gasteiger partial charge in [0.15, 0.2) is 0 Å². The van der Waals surface area contributed by atoms with E-state index in [0.717, 1.165) is 77.5 Å². The molecule has 14 aromatic rings. The zero-order valence-corrected chi connectivity index (χ0v) is 35.1. The molecule has 0 fully saturated rings. The summed E-state index contributed by atoms with van der Waals surface area (Å²) >= 11 is 0. The van der Waals surface area contributed by atoms with Crippen LogP contribution in [0.5, 0.6) is 0 Å². The van der Waals surface area contributed by atoms with Gasteiger partial charge in [0.25, 0.3) is 0 Å². The van der Waals surface area contributed by atoms with Crippen LogP contribution in [0, 0.1) is 0 Å². The van der Waals surface area contributed by atoms with E-state index in [9.17, 15) is 0 Å². The van der Waals surface area contributed by atoms with E-state index in [0.29, 0.717) is 0 Å². The first-order valence-corrected chi connectivity index (χ1v) is 22.2. The van der Waals surface area contributed by atoms with Crippen LogP contribution in [0.1, 0.15) is 0 Å². The standard InChI is InChI=1S/C60H38N4O/c1-3-15-41(16-4-1)63-55-23-9-7-21-49(55)51-35-45(25-29-57(51)63)61-43-19-11-13-39(33-43)40-14-12-20-44(34-40)62(48-28-32-60-54(38-48)53-37-47(61)27-31-59(53)65-60)46-26-30-58-52(36-46)50-22-8-10-24-56(50)64(58)42-17-5-2-6-18-42/h1-38H. The zero-order valence-electron chi connectivity index (χ0n) is 35.1. The second-order valence-corrected chi connectivity index (χ2v) is 17.0. The maximum absolute atomic E-state index is 6.61. The number of rotatable bonds is 4. The molecule has 304 valence electrons. The molecule has 0 aliphatic carbocycles. The van der Waals surface area contributed by atoms with E-state index < -0.39 is 0 Å². The molecule has 8 bridgehead atoms. The minimum absolute atomic E-state index is 0.853. The van der Waals surface area contributed by atoms with Crippen molar-refractivity contribution < 1.29 is 4.42 Å². The summed E-state index contributed by atoms with van der Waals surface area (Å²) in [6.45, 7) is 0. The van der Waals surface area contributed by atoms with E-state index in [1.54, 1.807) is 0 Å². The molecular formula is C60H38N4O. The lowest BCUT2D eigenvalue weighted by Gasteiger charge is -2.14. The number of fused-ring (bicyclic) bond motifs is 13. The van der Waals surface area contributed by atoms with Crippen LogP contribution < -0.4 is 0 Å². The second kappa shape index (κ2) is 13.9. The molecule has 5 nitrogen and oxygen atoms in total. The largest absolute Gasteiger partial charge is 0.456 e. The number of nitrogens with zero attached hydrogens (tertiary/aromatic N) is 4. The monoisotopic (exact) mass is 830 g/mol. The Morgan fingerprint density at radius 3 is 1.12 bits per heavy atom. The van der Waals surface area contributed by atoms with Crippen molar-refractivity contribution in [3.63, 3.8) is 0 Å². The number of hydrogen-bond acceptors (Lipinski definition) is 1. The van der Waals surface area contributed by atoms with Crippen molar-refractivity contribution in [2.45, 2.75) is 0 Å². The van der Waals surface area contributed by atoms with Crippen LogP contribution in [0.3, 0.4) is 0 Å². The van der Waals surface area contributed by atoms with Gasteiger partial charge in [-0.2, -0.15) is 0 Å². The summed E-state index contributed by atoms with van der Waals surface area (Å²) in [6.07, 6.45) is 0. The van der Waals surface area contributed by atoms with Crippen LogP contribution in [-0.4, -0.2) is 18.3 Å². The number of benzene rings is 10. The van der Waals surface area contributed by atoms with Crippen LogP contribution in [0.2, 0.25) is 0 Å². The molecule has 0 radical (unpaired) electrons. The lowest BCUT2D eigenvalue weighted by atomic mass is 10.1. The molecule has 0 amide bonds. The van der Waals surface area contributed by atoms with Gasteiger partial charge in [0.05, 0.1) is 22.1 Å². The van der Waals surface area contributed by atoms with Crippen LogP contribution in [0.15, 0.2) is 235 Å². The summed E-state index contributed by atoms with van der Waals surface area (Å²) in [7, 11) is 0. The maximum atomic E-state index is 6.61. The van der Waals surface area contributed by atoms with Gasteiger partial charge in [-0.3, -0.25) is 0 Å². The van der Waals surface area contributed by atoms with Gasteiger partial charge >= 0.3 is 0 Å². The molecule has 0 unspecified atom stereocenters. The molecule has 0 aliphatic heterocycles. The lowest BCUT2D eigenvalue weighted by molar-refractivity contribution is 0.669. The van der Waals surface area contributed by atoms with Crippen molar-refractivity contribution in [2.75, 3.05) is 0 Å². The van der Waals surface area contributed by atoms with Gasteiger partial charge in [-0.15, -0.1) is 0 Å². The molecule has 0 saturated heterocycles. The molecule has 5 heteroatoms. The highest BCUT2D eigenvalue weighted by Gasteiger charge is 2.17. The Balaban J connectivity index is 1.06. The summed E-state index contributed by atoms with van der Waals surface area (Å²) in [6, 6.07) is 83.7. The highest BCUT2D eigenvalue weighted by atomic mass is 16.3. The SMILES string of the molecule is c1ccc(-n2c3ccccc3c3cc(-n4c5cccc(c5)c5cccc(c5)n(-c5ccc6c(c5)c5ccccc5n6-c5ccccc5)c5ccc6oc7ccc4cc7c6c5)ccc32)cc1. The third-order valence-corrected chi connectivity index (χ3v) is 13.4. The van der Waals surface area contributed by atoms with Crippen LogP contribution in [0.4, 0.5) is 0 Å². The second-order valence-electron chi connectivity index (χ2n) is 17.0. The fourth-order valence-electron chi connectivity index (χ4n) is 10.5. The predicted octanol–water partition coefficient (Wildman–Crippen LogP) is 15.9. The summed E-state index contributed by atoms with van der Waals surface area (Å²) in [4.78, 5) is 0. The van der Waals surface area contributed by atoms with E-state index in [1.807, 2.05) is 0 Å². The Kier molecular flexibility index (Phi) is 7.62. The van der Waals surface area contributed by atoms with Gasteiger partial charge in [0, 0.05) is 77.1 Å². The Hall–Kier alpha value is -8.80. The summed E-state index contributed by atoms with van der Waals surface area (Å²) in [5.74, 6) is 0. The Labute approximate surface area is 372 Å². The number of furan rings is 1. The van der Waals surface area contributed by atoms with Crippen LogP contribution in [0.25, 0.3) is 121 Å². The van der Waals surface area contributed by atoms with Gasteiger partial charge in [0.1, 0.15) is 11.2 Å². The van der Waals surface area contributed by atoms with E-state index in [4.69, 9.17) is 4.42 Å². The molecule has 0 atom stereocenters. The minimum Gasteiger partial charge on any atom is -0.456 e. The normalized spacial score (nSPS) is 12.0. The minimum atomic E-state index is 0.853. The number of aromatic nitrogens is 4. The molecule has 4 heterocycles. The molecule has 0 spiro atoms. The van der Waals surface area contributed by atoms with Crippen LogP contribution in [-0.2, 0) is 0 Å². The van der Waals surface area contributed by atoms with Crippen molar-refractivity contribution in [1.82, 2.24) is 18.3 Å². The van der Waals surface area contributed by atoms with Gasteiger partial charge in [-0.1, -0.05) is 97.1 Å². The summed E-state index contributed by atoms with van der Waals surface area (Å²) in [5.41, 5.74) is 15.1. The van der Waals surface area contributed by atoms with Gasteiger partial charge < -0.3 is 22.7 Å². The summed E-state index contributed by atoms with van der Waals surface area (Å²) < 4.78 is 16.1. The van der Waals surface area contributed by atoms with Gasteiger partial charge in [-0.05, 0) is 144 Å². The number of hydrogen-bond donors (Lipinski definition) is 0. The molecule has 10 aromatic carbocycles. The van der Waals surface area contributed by atoms with E-state index >= 15 is 0 Å². The first-order valence-electron chi connectivity index (χ1n) is 22.2. The zero-order chi connectivity index (χ0) is 42.6. The van der Waals surface area contributed by atoms with E-state index in [1.165, 1.54) is 43.6 Å². The van der Waals surface area contributed by atoms with Gasteiger partial charge in [0.2, 0.25) is 0 Å². The smallest absolute Gasteiger partial charge is 0.135 e. The Morgan fingerprint density at radius 2 is 0.646 bits per heavy atom. The number of para-hydroxylation sites is 4. The topological polar surface area (TPSA) is 32.9 Å². The lowest BCUT2D eigenvalue weighted by Crippen LogP contribution is -1.98. The predicted molar refractivity (Wildman–Crippen MR) is 271 cm³/mol. The molecule has 65 heavy (non-hydrogen) atoms. The van der Waals surface area contributed by atoms with Crippen molar-refractivity contribution >= 4 is 98.4 Å². The third-order valence-electron chi connectivity index (χ3n) is 13.4. The first kappa shape index (κ1) is 35.8. The Morgan fingerprint density at radius 1 is 0.231 bits per heavy atom. The Bertz CT molecular complexity index is 4020. The average Bonchev–Trinajstić information content (AvgIpc) is 4.02. The van der Waals surface area contributed by atoms with Crippen molar-refractivity contribution in [3.05, 3.63) is 231 Å². The fourth-order valence-corrected chi connectivity index (χ4v) is 10.5. The molecule has 0 saturated carbocycles. The summed E-state index contributed by atoms with van der Waals surface area (Å²) in [5, 5.41) is 9.24. The van der Waals surface area contributed by atoms with Crippen molar-refractivity contribution in [1.29, 1.82) is 0 Å². The third kappa shape index (κ3) is 5.46. The maximum Gasteiger partial charge on any atom is 0.135 e. The molecule has 0 N–H and O–H groups in total. The van der Waals surface area contributed by atoms with Crippen molar-refractivity contribution in [2.24, 2.45) is 0 Å². The van der Waals surface area contributed by atoms with E-state index in [-0.39, 0.29) is 0 Å². The fraction of sp³-hybridized carbons (Fsp3) is 0. The molecule has 4 aromatic heterocycles. The highest BCUT2D eigenvalue weighted by Crippen LogP contribution is 2.38. The highest BCUT2D eigenvalue weighted by molar-refractivity contribution is 6.12. The van der Waals surface area contributed by atoms with Crippen molar-refractivity contribution in [3.8, 4) is 22.7 Å². The molecule has 14 rings (SSSR count). The average molecular weight is 831 g/mol. The van der Waals surface area contributed by atoms with Crippen LogP contribution >= 0.6 is 0 Å².